The Hall–Kier alpha value is -1.98. The van der Waals surface area contributed by atoms with E-state index in [9.17, 15) is 9.18 Å². The number of benzene rings is 1. The average molecular weight is 297 g/mol. The minimum absolute atomic E-state index is 0.109. The number of rotatable bonds is 5. The van der Waals surface area contributed by atoms with E-state index in [-0.39, 0.29) is 22.9 Å². The quantitative estimate of drug-likeness (QED) is 0.730. The van der Waals surface area contributed by atoms with Crippen LogP contribution in [0, 0.1) is 5.82 Å². The van der Waals surface area contributed by atoms with E-state index in [1.807, 2.05) is 20.8 Å². The molecule has 5 nitrogen and oxygen atoms in total. The van der Waals surface area contributed by atoms with Crippen LogP contribution in [0.1, 0.15) is 34.6 Å². The summed E-state index contributed by atoms with van der Waals surface area (Å²) in [5.74, 6) is -0.575. The topological polar surface area (TPSA) is 76.4 Å². The van der Waals surface area contributed by atoms with E-state index in [4.69, 9.17) is 10.5 Å². The molecule has 0 heterocycles. The van der Waals surface area contributed by atoms with Crippen molar-refractivity contribution in [1.82, 2.24) is 5.32 Å². The van der Waals surface area contributed by atoms with E-state index in [0.29, 0.717) is 12.3 Å². The summed E-state index contributed by atoms with van der Waals surface area (Å²) < 4.78 is 18.8. The second kappa shape index (κ2) is 6.65. The van der Waals surface area contributed by atoms with Gasteiger partial charge in [-0.1, -0.05) is 0 Å². The maximum Gasteiger partial charge on any atom is 0.242 e. The number of carbonyl (C=O) groups excluding carboxylic acids is 1. The molecule has 0 bridgehead atoms. The molecule has 6 heteroatoms. The summed E-state index contributed by atoms with van der Waals surface area (Å²) in [6.45, 7) is 9.53. The zero-order valence-corrected chi connectivity index (χ0v) is 13.2. The molecule has 4 N–H and O–H groups in total. The Labute approximate surface area is 125 Å². The van der Waals surface area contributed by atoms with E-state index in [2.05, 4.69) is 10.6 Å². The maximum atomic E-state index is 13.6. The Morgan fingerprint density at radius 2 is 2.05 bits per heavy atom. The molecule has 1 unspecified atom stereocenters. The number of ether oxygens (including phenoxy) is 1. The van der Waals surface area contributed by atoms with Gasteiger partial charge in [-0.3, -0.25) is 4.79 Å². The molecule has 0 spiro atoms. The molecule has 1 rings (SSSR count). The van der Waals surface area contributed by atoms with Gasteiger partial charge in [0, 0.05) is 17.7 Å². The molecule has 0 saturated heterocycles. The Kier molecular flexibility index (Phi) is 5.41. The summed E-state index contributed by atoms with van der Waals surface area (Å²) in [5.41, 5.74) is 6.15. The number of hydrogen-bond acceptors (Lipinski definition) is 4. The van der Waals surface area contributed by atoms with Crippen LogP contribution in [-0.2, 0) is 4.79 Å². The number of amides is 1. The lowest BCUT2D eigenvalue weighted by molar-refractivity contribution is -0.122. The van der Waals surface area contributed by atoms with Gasteiger partial charge in [0.1, 0.15) is 6.04 Å². The number of carbonyl (C=O) groups is 1. The second-order valence-electron chi connectivity index (χ2n) is 5.91. The largest absolute Gasteiger partial charge is 0.491 e. The van der Waals surface area contributed by atoms with Crippen LogP contribution in [0.3, 0.4) is 0 Å². The monoisotopic (exact) mass is 297 g/mol. The predicted octanol–water partition coefficient (Wildman–Crippen LogP) is 2.52. The highest BCUT2D eigenvalue weighted by atomic mass is 19.1. The van der Waals surface area contributed by atoms with E-state index < -0.39 is 11.9 Å². The predicted molar refractivity (Wildman–Crippen MR) is 83.0 cm³/mol. The van der Waals surface area contributed by atoms with Gasteiger partial charge < -0.3 is 21.1 Å². The Morgan fingerprint density at radius 1 is 1.43 bits per heavy atom. The van der Waals surface area contributed by atoms with Gasteiger partial charge in [-0.2, -0.15) is 0 Å². The molecule has 0 aromatic heterocycles. The van der Waals surface area contributed by atoms with Crippen LogP contribution in [0.25, 0.3) is 0 Å². The van der Waals surface area contributed by atoms with Crippen LogP contribution in [0.5, 0.6) is 5.75 Å². The second-order valence-corrected chi connectivity index (χ2v) is 5.91. The minimum atomic E-state index is -0.522. The lowest BCUT2D eigenvalue weighted by Crippen LogP contribution is -2.47. The highest BCUT2D eigenvalue weighted by Crippen LogP contribution is 2.28. The summed E-state index contributed by atoms with van der Waals surface area (Å²) in [7, 11) is 0. The summed E-state index contributed by atoms with van der Waals surface area (Å²) in [4.78, 5) is 12.0. The summed E-state index contributed by atoms with van der Waals surface area (Å²) in [6, 6.07) is 2.14. The first kappa shape index (κ1) is 17.1. The van der Waals surface area contributed by atoms with Crippen LogP contribution in [-0.4, -0.2) is 24.1 Å². The molecule has 1 atom stereocenters. The lowest BCUT2D eigenvalue weighted by atomic mass is 10.1. The molecule has 118 valence electrons. The van der Waals surface area contributed by atoms with Crippen LogP contribution in [0.15, 0.2) is 12.1 Å². The van der Waals surface area contributed by atoms with Gasteiger partial charge >= 0.3 is 0 Å². The van der Waals surface area contributed by atoms with Crippen molar-refractivity contribution in [2.24, 2.45) is 0 Å². The fourth-order valence-corrected chi connectivity index (χ4v) is 1.74. The average Bonchev–Trinajstić information content (AvgIpc) is 2.33. The third-order valence-corrected chi connectivity index (χ3v) is 2.67. The van der Waals surface area contributed by atoms with Crippen molar-refractivity contribution in [1.29, 1.82) is 0 Å². The fraction of sp³-hybridized carbons (Fsp3) is 0.533. The molecule has 0 aliphatic rings. The SMILES string of the molecule is CCOc1cc(NC(C)C(=O)NC(C)(C)C)c(N)cc1F. The fourth-order valence-electron chi connectivity index (χ4n) is 1.74. The zero-order valence-electron chi connectivity index (χ0n) is 13.2. The van der Waals surface area contributed by atoms with Crippen molar-refractivity contribution in [2.45, 2.75) is 46.2 Å². The number of nitrogens with two attached hydrogens (primary N) is 1. The zero-order chi connectivity index (χ0) is 16.2. The molecule has 1 aromatic carbocycles. The number of nitrogens with one attached hydrogen (secondary N) is 2. The first-order valence-electron chi connectivity index (χ1n) is 6.94. The van der Waals surface area contributed by atoms with E-state index in [0.717, 1.165) is 0 Å². The van der Waals surface area contributed by atoms with Crippen LogP contribution in [0.4, 0.5) is 15.8 Å². The third kappa shape index (κ3) is 5.13. The highest BCUT2D eigenvalue weighted by molar-refractivity contribution is 5.86. The van der Waals surface area contributed by atoms with Gasteiger partial charge in [-0.25, -0.2) is 4.39 Å². The molecule has 0 fully saturated rings. The van der Waals surface area contributed by atoms with Gasteiger partial charge in [0.15, 0.2) is 11.6 Å². The normalized spacial score (nSPS) is 12.7. The Bertz CT molecular complexity index is 512. The standard InChI is InChI=1S/C15H24FN3O2/c1-6-21-13-8-12(11(17)7-10(13)16)18-9(2)14(20)19-15(3,4)5/h7-9,18H,6,17H2,1-5H3,(H,19,20). The molecular weight excluding hydrogens is 273 g/mol. The number of halogens is 1. The first-order chi connectivity index (χ1) is 9.64. The van der Waals surface area contributed by atoms with Gasteiger partial charge in [-0.15, -0.1) is 0 Å². The number of nitrogen functional groups attached to an aromatic ring is 1. The van der Waals surface area contributed by atoms with Crippen molar-refractivity contribution >= 4 is 17.3 Å². The summed E-state index contributed by atoms with van der Waals surface area (Å²) in [5, 5.41) is 5.84. The molecule has 0 radical (unpaired) electrons. The lowest BCUT2D eigenvalue weighted by Gasteiger charge is -2.24. The minimum Gasteiger partial charge on any atom is -0.491 e. The van der Waals surface area contributed by atoms with Gasteiger partial charge in [0.05, 0.1) is 18.0 Å². The molecular formula is C15H24FN3O2. The van der Waals surface area contributed by atoms with Gasteiger partial charge in [-0.05, 0) is 34.6 Å². The van der Waals surface area contributed by atoms with Crippen molar-refractivity contribution in [3.8, 4) is 5.75 Å². The number of hydrogen-bond donors (Lipinski definition) is 3. The third-order valence-electron chi connectivity index (χ3n) is 2.67. The van der Waals surface area contributed by atoms with Gasteiger partial charge in [0.25, 0.3) is 0 Å². The first-order valence-corrected chi connectivity index (χ1v) is 6.94. The van der Waals surface area contributed by atoms with Crippen LogP contribution in [0.2, 0.25) is 0 Å². The highest BCUT2D eigenvalue weighted by Gasteiger charge is 2.20. The van der Waals surface area contributed by atoms with Crippen molar-refractivity contribution in [3.05, 3.63) is 17.9 Å². The van der Waals surface area contributed by atoms with E-state index >= 15 is 0 Å². The molecule has 1 aromatic rings. The van der Waals surface area contributed by atoms with Crippen molar-refractivity contribution in [2.75, 3.05) is 17.7 Å². The van der Waals surface area contributed by atoms with Gasteiger partial charge in [0.2, 0.25) is 5.91 Å². The Balaban J connectivity index is 2.87. The molecule has 21 heavy (non-hydrogen) atoms. The molecule has 0 aliphatic carbocycles. The van der Waals surface area contributed by atoms with E-state index in [1.165, 1.54) is 12.1 Å². The van der Waals surface area contributed by atoms with E-state index in [1.54, 1.807) is 13.8 Å². The molecule has 0 saturated carbocycles. The summed E-state index contributed by atoms with van der Waals surface area (Å²) in [6.07, 6.45) is 0. The molecule has 0 aliphatic heterocycles. The maximum absolute atomic E-state index is 13.6. The number of anilines is 2. The Morgan fingerprint density at radius 3 is 2.57 bits per heavy atom. The van der Waals surface area contributed by atoms with Crippen LogP contribution < -0.4 is 21.1 Å². The van der Waals surface area contributed by atoms with Crippen molar-refractivity contribution in [3.63, 3.8) is 0 Å². The smallest absolute Gasteiger partial charge is 0.242 e. The van der Waals surface area contributed by atoms with Crippen LogP contribution >= 0.6 is 0 Å². The van der Waals surface area contributed by atoms with Crippen molar-refractivity contribution < 1.29 is 13.9 Å². The molecule has 1 amide bonds. The summed E-state index contributed by atoms with van der Waals surface area (Å²) >= 11 is 0.